The van der Waals surface area contributed by atoms with Gasteiger partial charge >= 0.3 is 5.97 Å². The molecule has 7 nitrogen and oxygen atoms in total. The maximum absolute atomic E-state index is 13.6. The van der Waals surface area contributed by atoms with E-state index in [0.717, 1.165) is 30.0 Å². The summed E-state index contributed by atoms with van der Waals surface area (Å²) >= 11 is 12.3. The van der Waals surface area contributed by atoms with E-state index in [4.69, 9.17) is 27.6 Å². The van der Waals surface area contributed by atoms with E-state index < -0.39 is 29.2 Å². The van der Waals surface area contributed by atoms with Crippen LogP contribution in [0.4, 0.5) is 5.69 Å². The zero-order chi connectivity index (χ0) is 28.4. The number of carbonyl (C=O) groups is 3. The number of aliphatic carboxylic acids is 1. The standard InChI is InChI=1S/C31H28Cl2N2O5/c1-31(13-5-2-6-14-31)27(30(38)39)35-28(36)22-15-18-7-3-4-8-19(18)16-24(22)34-29(37)26-12-11-25(40-26)21-10-9-20(32)17-23(21)33/h3-4,7-12,15-17,27H,2,5-6,13-14H2,1H3,(H,34,37)(H,35,36)(H,38,39)/t27-/m1/s1. The summed E-state index contributed by atoms with van der Waals surface area (Å²) in [6, 6.07) is 17.8. The summed E-state index contributed by atoms with van der Waals surface area (Å²) in [5.74, 6) is -1.83. The lowest BCUT2D eigenvalue weighted by molar-refractivity contribution is -0.143. The summed E-state index contributed by atoms with van der Waals surface area (Å²) in [6.45, 7) is 1.91. The lowest BCUT2D eigenvalue weighted by Gasteiger charge is -2.38. The van der Waals surface area contributed by atoms with Crippen molar-refractivity contribution in [3.63, 3.8) is 0 Å². The number of carboxylic acids is 1. The number of nitrogens with one attached hydrogen (secondary N) is 2. The number of anilines is 1. The van der Waals surface area contributed by atoms with E-state index >= 15 is 0 Å². The van der Waals surface area contributed by atoms with Crippen molar-refractivity contribution in [1.82, 2.24) is 5.32 Å². The average Bonchev–Trinajstić information content (AvgIpc) is 3.41. The van der Waals surface area contributed by atoms with Crippen LogP contribution in [0.15, 0.2) is 71.1 Å². The quantitative estimate of drug-likeness (QED) is 0.207. The van der Waals surface area contributed by atoms with Crippen molar-refractivity contribution in [1.29, 1.82) is 0 Å². The number of halogens is 2. The van der Waals surface area contributed by atoms with E-state index in [9.17, 15) is 19.5 Å². The zero-order valence-electron chi connectivity index (χ0n) is 21.8. The highest BCUT2D eigenvalue weighted by Gasteiger charge is 2.41. The predicted octanol–water partition coefficient (Wildman–Crippen LogP) is 7.81. The van der Waals surface area contributed by atoms with Crippen LogP contribution in [-0.2, 0) is 4.79 Å². The third-order valence-corrected chi connectivity index (χ3v) is 8.17. The van der Waals surface area contributed by atoms with Gasteiger partial charge in [-0.2, -0.15) is 0 Å². The van der Waals surface area contributed by atoms with Gasteiger partial charge in [0, 0.05) is 10.6 Å². The van der Waals surface area contributed by atoms with Crippen molar-refractivity contribution in [2.24, 2.45) is 5.41 Å². The highest BCUT2D eigenvalue weighted by atomic mass is 35.5. The Bertz CT molecular complexity index is 1610. The second kappa shape index (κ2) is 11.4. The van der Waals surface area contributed by atoms with Gasteiger partial charge in [-0.3, -0.25) is 9.59 Å². The summed E-state index contributed by atoms with van der Waals surface area (Å²) in [4.78, 5) is 39.1. The van der Waals surface area contributed by atoms with Crippen LogP contribution >= 0.6 is 23.2 Å². The van der Waals surface area contributed by atoms with E-state index in [0.29, 0.717) is 34.2 Å². The molecular weight excluding hydrogens is 551 g/mol. The lowest BCUT2D eigenvalue weighted by Crippen LogP contribution is -2.52. The molecule has 4 aromatic rings. The number of carboxylic acid groups (broad SMARTS) is 1. The molecule has 3 N–H and O–H groups in total. The highest BCUT2D eigenvalue weighted by Crippen LogP contribution is 2.39. The van der Waals surface area contributed by atoms with Gasteiger partial charge in [-0.05, 0) is 71.5 Å². The first kappa shape index (κ1) is 27.7. The molecule has 2 amide bonds. The summed E-state index contributed by atoms with van der Waals surface area (Å²) < 4.78 is 5.78. The number of benzene rings is 3. The SMILES string of the molecule is CC1([C@H](NC(=O)c2cc3ccccc3cc2NC(=O)c2ccc(-c3ccc(Cl)cc3Cl)o2)C(=O)O)CCCCC1. The van der Waals surface area contributed by atoms with Crippen LogP contribution < -0.4 is 10.6 Å². The van der Waals surface area contributed by atoms with Crippen molar-refractivity contribution < 1.29 is 23.9 Å². The summed E-state index contributed by atoms with van der Waals surface area (Å²) in [5, 5.41) is 18.0. The normalized spacial score (nSPS) is 15.4. The fraction of sp³-hybridized carbons (Fsp3) is 0.258. The van der Waals surface area contributed by atoms with Gasteiger partial charge in [0.2, 0.25) is 0 Å². The Morgan fingerprint density at radius 3 is 2.27 bits per heavy atom. The molecule has 5 rings (SSSR count). The molecule has 0 aliphatic heterocycles. The van der Waals surface area contributed by atoms with Gasteiger partial charge < -0.3 is 20.2 Å². The molecule has 1 fully saturated rings. The number of furan rings is 1. The second-order valence-corrected chi connectivity index (χ2v) is 11.3. The van der Waals surface area contributed by atoms with Crippen LogP contribution in [0.25, 0.3) is 22.1 Å². The summed E-state index contributed by atoms with van der Waals surface area (Å²) in [5.41, 5.74) is 0.409. The van der Waals surface area contributed by atoms with E-state index in [2.05, 4.69) is 10.6 Å². The molecule has 0 unspecified atom stereocenters. The molecule has 206 valence electrons. The Hall–Kier alpha value is -3.81. The van der Waals surface area contributed by atoms with Crippen molar-refractivity contribution in [3.8, 4) is 11.3 Å². The number of fused-ring (bicyclic) bond motifs is 1. The molecule has 0 bridgehead atoms. The molecule has 1 aliphatic rings. The van der Waals surface area contributed by atoms with Crippen molar-refractivity contribution >= 4 is 57.4 Å². The zero-order valence-corrected chi connectivity index (χ0v) is 23.3. The van der Waals surface area contributed by atoms with Crippen LogP contribution in [0.2, 0.25) is 10.0 Å². The largest absolute Gasteiger partial charge is 0.480 e. The predicted molar refractivity (Wildman–Crippen MR) is 156 cm³/mol. The molecule has 1 atom stereocenters. The van der Waals surface area contributed by atoms with E-state index in [1.807, 2.05) is 31.2 Å². The number of hydrogen-bond acceptors (Lipinski definition) is 4. The Kier molecular flexibility index (Phi) is 7.88. The molecule has 1 aliphatic carbocycles. The fourth-order valence-corrected chi connectivity index (χ4v) is 5.90. The van der Waals surface area contributed by atoms with E-state index in [-0.39, 0.29) is 17.0 Å². The maximum atomic E-state index is 13.6. The minimum Gasteiger partial charge on any atom is -0.480 e. The van der Waals surface area contributed by atoms with E-state index in [1.165, 1.54) is 6.07 Å². The number of rotatable bonds is 7. The molecule has 3 aromatic carbocycles. The van der Waals surface area contributed by atoms with Gasteiger partial charge in [-0.25, -0.2) is 4.79 Å². The summed E-state index contributed by atoms with van der Waals surface area (Å²) in [7, 11) is 0. The topological polar surface area (TPSA) is 109 Å². The molecule has 1 saturated carbocycles. The minimum absolute atomic E-state index is 0.0127. The monoisotopic (exact) mass is 578 g/mol. The second-order valence-electron chi connectivity index (χ2n) is 10.4. The molecule has 40 heavy (non-hydrogen) atoms. The molecule has 1 aromatic heterocycles. The molecule has 1 heterocycles. The smallest absolute Gasteiger partial charge is 0.326 e. The Labute approximate surface area is 241 Å². The number of hydrogen-bond donors (Lipinski definition) is 3. The molecule has 9 heteroatoms. The van der Waals surface area contributed by atoms with Gasteiger partial charge in [0.05, 0.1) is 16.3 Å². The average molecular weight is 579 g/mol. The number of carbonyl (C=O) groups excluding carboxylic acids is 2. The highest BCUT2D eigenvalue weighted by molar-refractivity contribution is 6.36. The van der Waals surface area contributed by atoms with Crippen molar-refractivity contribution in [2.45, 2.75) is 45.1 Å². The Balaban J connectivity index is 1.45. The molecule has 0 saturated heterocycles. The molecule has 0 radical (unpaired) electrons. The Morgan fingerprint density at radius 2 is 1.60 bits per heavy atom. The summed E-state index contributed by atoms with van der Waals surface area (Å²) in [6.07, 6.45) is 4.31. The van der Waals surface area contributed by atoms with Crippen LogP contribution in [-0.4, -0.2) is 28.9 Å². The van der Waals surface area contributed by atoms with Crippen molar-refractivity contribution in [3.05, 3.63) is 88.1 Å². The fourth-order valence-electron chi connectivity index (χ4n) is 5.40. The minimum atomic E-state index is -1.08. The third kappa shape index (κ3) is 5.71. The van der Waals surface area contributed by atoms with Gasteiger partial charge in [0.1, 0.15) is 11.8 Å². The molecule has 0 spiro atoms. The van der Waals surface area contributed by atoms with Crippen LogP contribution in [0.5, 0.6) is 0 Å². The third-order valence-electron chi connectivity index (χ3n) is 7.62. The first-order valence-corrected chi connectivity index (χ1v) is 13.8. The maximum Gasteiger partial charge on any atom is 0.326 e. The van der Waals surface area contributed by atoms with Gasteiger partial charge in [0.25, 0.3) is 11.8 Å². The number of amides is 2. The van der Waals surface area contributed by atoms with Crippen LogP contribution in [0.1, 0.15) is 59.9 Å². The lowest BCUT2D eigenvalue weighted by atomic mass is 9.70. The Morgan fingerprint density at radius 1 is 0.900 bits per heavy atom. The first-order chi connectivity index (χ1) is 19.1. The van der Waals surface area contributed by atoms with Gasteiger partial charge in [-0.15, -0.1) is 0 Å². The van der Waals surface area contributed by atoms with Crippen LogP contribution in [0, 0.1) is 5.41 Å². The van der Waals surface area contributed by atoms with Crippen molar-refractivity contribution in [2.75, 3.05) is 5.32 Å². The van der Waals surface area contributed by atoms with Crippen LogP contribution in [0.3, 0.4) is 0 Å². The van der Waals surface area contributed by atoms with Gasteiger partial charge in [-0.1, -0.05) is 73.7 Å². The molecular formula is C31H28Cl2N2O5. The first-order valence-electron chi connectivity index (χ1n) is 13.1. The van der Waals surface area contributed by atoms with Gasteiger partial charge in [0.15, 0.2) is 5.76 Å². The van der Waals surface area contributed by atoms with E-state index in [1.54, 1.807) is 36.4 Å².